The van der Waals surface area contributed by atoms with Crippen molar-refractivity contribution in [2.75, 3.05) is 13.1 Å². The zero-order valence-electron chi connectivity index (χ0n) is 10.9. The third-order valence-electron chi connectivity index (χ3n) is 3.00. The number of carboxylic acids is 1. The number of imide groups is 1. The van der Waals surface area contributed by atoms with Gasteiger partial charge in [-0.3, -0.25) is 14.9 Å². The average Bonchev–Trinajstić information content (AvgIpc) is 2.36. The molecule has 0 aromatic rings. The van der Waals surface area contributed by atoms with Gasteiger partial charge in [0.15, 0.2) is 0 Å². The van der Waals surface area contributed by atoms with Gasteiger partial charge in [-0.1, -0.05) is 0 Å². The zero-order valence-corrected chi connectivity index (χ0v) is 10.9. The first kappa shape index (κ1) is 15.7. The molecule has 0 spiro atoms. The first-order valence-corrected chi connectivity index (χ1v) is 6.17. The molecule has 1 rings (SSSR count). The number of nitrogens with one attached hydrogen (secondary N) is 1. The molecule has 1 saturated heterocycles. The van der Waals surface area contributed by atoms with E-state index in [1.807, 2.05) is 0 Å². The minimum atomic E-state index is -1.26. The Labute approximate surface area is 115 Å². The van der Waals surface area contributed by atoms with Gasteiger partial charge in [-0.2, -0.15) is 0 Å². The Kier molecular flexibility index (Phi) is 5.70. The van der Waals surface area contributed by atoms with E-state index in [9.17, 15) is 19.2 Å². The number of rotatable bonds is 4. The molecule has 110 valence electrons. The summed E-state index contributed by atoms with van der Waals surface area (Å²) in [5.41, 5.74) is 5.11. The highest BCUT2D eigenvalue weighted by Gasteiger charge is 2.24. The smallest absolute Gasteiger partial charge is 0.328 e. The van der Waals surface area contributed by atoms with Crippen molar-refractivity contribution in [3.05, 3.63) is 12.2 Å². The van der Waals surface area contributed by atoms with Crippen molar-refractivity contribution in [3.8, 4) is 0 Å². The Morgan fingerprint density at radius 3 is 2.30 bits per heavy atom. The van der Waals surface area contributed by atoms with Crippen molar-refractivity contribution >= 4 is 23.8 Å². The van der Waals surface area contributed by atoms with Crippen LogP contribution in [-0.4, -0.2) is 46.9 Å². The fourth-order valence-corrected chi connectivity index (χ4v) is 2.00. The predicted molar refractivity (Wildman–Crippen MR) is 68.4 cm³/mol. The third kappa shape index (κ3) is 5.51. The summed E-state index contributed by atoms with van der Waals surface area (Å²) in [6.07, 6.45) is 3.03. The molecule has 0 aliphatic carbocycles. The van der Waals surface area contributed by atoms with E-state index in [-0.39, 0.29) is 11.8 Å². The minimum Gasteiger partial charge on any atom is -0.478 e. The Bertz CT molecular complexity index is 438. The zero-order chi connectivity index (χ0) is 15.1. The molecule has 0 aromatic heterocycles. The molecule has 1 aliphatic rings. The SMILES string of the molecule is NC(=O)CC1CCN(C(=O)NC(=O)C=CC(=O)O)CC1. The topological polar surface area (TPSA) is 130 Å². The maximum atomic E-state index is 11.7. The van der Waals surface area contributed by atoms with Crippen LogP contribution in [0.4, 0.5) is 4.79 Å². The number of piperidine rings is 1. The second-order valence-corrected chi connectivity index (χ2v) is 4.57. The molecular weight excluding hydrogens is 266 g/mol. The molecule has 0 saturated carbocycles. The van der Waals surface area contributed by atoms with Gasteiger partial charge in [0.25, 0.3) is 5.91 Å². The molecule has 4 N–H and O–H groups in total. The highest BCUT2D eigenvalue weighted by atomic mass is 16.4. The first-order chi connectivity index (χ1) is 9.38. The Balaban J connectivity index is 2.37. The van der Waals surface area contributed by atoms with Gasteiger partial charge in [-0.05, 0) is 18.8 Å². The van der Waals surface area contributed by atoms with Gasteiger partial charge in [0.05, 0.1) is 0 Å². The number of hydrogen-bond donors (Lipinski definition) is 3. The lowest BCUT2D eigenvalue weighted by Crippen LogP contribution is -2.46. The molecule has 0 aromatic carbocycles. The van der Waals surface area contributed by atoms with Gasteiger partial charge in [-0.25, -0.2) is 9.59 Å². The standard InChI is InChI=1S/C12H17N3O5/c13-9(16)7-8-3-5-15(6-4-8)12(20)14-10(17)1-2-11(18)19/h1-2,8H,3-7H2,(H2,13,16)(H,18,19)(H,14,17,20). The van der Waals surface area contributed by atoms with E-state index in [1.165, 1.54) is 4.90 Å². The van der Waals surface area contributed by atoms with Crippen molar-refractivity contribution in [1.29, 1.82) is 0 Å². The van der Waals surface area contributed by atoms with Crippen molar-refractivity contribution in [3.63, 3.8) is 0 Å². The molecular formula is C12H17N3O5. The largest absolute Gasteiger partial charge is 0.478 e. The maximum Gasteiger partial charge on any atom is 0.328 e. The first-order valence-electron chi connectivity index (χ1n) is 6.17. The van der Waals surface area contributed by atoms with E-state index in [0.717, 1.165) is 6.08 Å². The number of carbonyl (C=O) groups excluding carboxylic acids is 3. The van der Waals surface area contributed by atoms with Gasteiger partial charge in [0.1, 0.15) is 0 Å². The van der Waals surface area contributed by atoms with Gasteiger partial charge >= 0.3 is 12.0 Å². The monoisotopic (exact) mass is 283 g/mol. The van der Waals surface area contributed by atoms with Crippen LogP contribution in [0, 0.1) is 5.92 Å². The van der Waals surface area contributed by atoms with Gasteiger partial charge in [-0.15, -0.1) is 0 Å². The minimum absolute atomic E-state index is 0.166. The highest BCUT2D eigenvalue weighted by molar-refractivity contribution is 6.02. The number of carboxylic acid groups (broad SMARTS) is 1. The number of likely N-dealkylation sites (tertiary alicyclic amines) is 1. The van der Waals surface area contributed by atoms with Crippen LogP contribution in [0.3, 0.4) is 0 Å². The van der Waals surface area contributed by atoms with Crippen LogP contribution in [0.15, 0.2) is 12.2 Å². The second kappa shape index (κ2) is 7.27. The maximum absolute atomic E-state index is 11.7. The molecule has 20 heavy (non-hydrogen) atoms. The van der Waals surface area contributed by atoms with Crippen molar-refractivity contribution in [2.24, 2.45) is 11.7 Å². The number of primary amides is 1. The summed E-state index contributed by atoms with van der Waals surface area (Å²) < 4.78 is 0. The van der Waals surface area contributed by atoms with Crippen molar-refractivity contribution < 1.29 is 24.3 Å². The fraction of sp³-hybridized carbons (Fsp3) is 0.500. The number of urea groups is 1. The number of carbonyl (C=O) groups is 4. The van der Waals surface area contributed by atoms with E-state index in [0.29, 0.717) is 38.4 Å². The quantitative estimate of drug-likeness (QED) is 0.596. The van der Waals surface area contributed by atoms with Crippen LogP contribution < -0.4 is 11.1 Å². The lowest BCUT2D eigenvalue weighted by molar-refractivity contribution is -0.131. The van der Waals surface area contributed by atoms with Crippen LogP contribution >= 0.6 is 0 Å². The summed E-state index contributed by atoms with van der Waals surface area (Å²) in [5.74, 6) is -2.24. The fourth-order valence-electron chi connectivity index (χ4n) is 2.00. The normalized spacial score (nSPS) is 16.1. The van der Waals surface area contributed by atoms with Crippen LogP contribution in [0.5, 0.6) is 0 Å². The number of aliphatic carboxylic acids is 1. The summed E-state index contributed by atoms with van der Waals surface area (Å²) in [5, 5.41) is 10.4. The van der Waals surface area contributed by atoms with E-state index in [4.69, 9.17) is 10.8 Å². The third-order valence-corrected chi connectivity index (χ3v) is 3.00. The van der Waals surface area contributed by atoms with E-state index in [1.54, 1.807) is 0 Å². The van der Waals surface area contributed by atoms with Crippen LogP contribution in [-0.2, 0) is 14.4 Å². The van der Waals surface area contributed by atoms with Crippen molar-refractivity contribution in [2.45, 2.75) is 19.3 Å². The van der Waals surface area contributed by atoms with Crippen molar-refractivity contribution in [1.82, 2.24) is 10.2 Å². The molecule has 0 unspecified atom stereocenters. The summed E-state index contributed by atoms with van der Waals surface area (Å²) in [6.45, 7) is 0.861. The molecule has 1 aliphatic heterocycles. The lowest BCUT2D eigenvalue weighted by atomic mass is 9.93. The summed E-state index contributed by atoms with van der Waals surface area (Å²) in [6, 6.07) is -0.567. The summed E-state index contributed by atoms with van der Waals surface area (Å²) in [7, 11) is 0. The lowest BCUT2D eigenvalue weighted by Gasteiger charge is -2.31. The Morgan fingerprint density at radius 1 is 1.20 bits per heavy atom. The van der Waals surface area contributed by atoms with Gasteiger partial charge in [0, 0.05) is 31.7 Å². The molecule has 1 heterocycles. The van der Waals surface area contributed by atoms with Crippen LogP contribution in [0.2, 0.25) is 0 Å². The molecule has 0 atom stereocenters. The Morgan fingerprint density at radius 2 is 1.80 bits per heavy atom. The van der Waals surface area contributed by atoms with Crippen LogP contribution in [0.25, 0.3) is 0 Å². The van der Waals surface area contributed by atoms with Crippen LogP contribution in [0.1, 0.15) is 19.3 Å². The second-order valence-electron chi connectivity index (χ2n) is 4.57. The Hall–Kier alpha value is -2.38. The predicted octanol–water partition coefficient (Wildman–Crippen LogP) is -0.549. The number of hydrogen-bond acceptors (Lipinski definition) is 4. The molecule has 4 amide bonds. The molecule has 1 fully saturated rings. The van der Waals surface area contributed by atoms with E-state index < -0.39 is 17.9 Å². The molecule has 8 heteroatoms. The molecule has 8 nitrogen and oxygen atoms in total. The number of nitrogens with zero attached hydrogens (tertiary/aromatic N) is 1. The molecule has 0 bridgehead atoms. The van der Waals surface area contributed by atoms with Gasteiger partial charge < -0.3 is 15.7 Å². The van der Waals surface area contributed by atoms with E-state index in [2.05, 4.69) is 5.32 Å². The van der Waals surface area contributed by atoms with Gasteiger partial charge in [0.2, 0.25) is 5.91 Å². The summed E-state index contributed by atoms with van der Waals surface area (Å²) >= 11 is 0. The number of amides is 4. The average molecular weight is 283 g/mol. The molecule has 0 radical (unpaired) electrons. The van der Waals surface area contributed by atoms with E-state index >= 15 is 0 Å². The number of nitrogens with two attached hydrogens (primary N) is 1. The highest BCUT2D eigenvalue weighted by Crippen LogP contribution is 2.19. The summed E-state index contributed by atoms with van der Waals surface area (Å²) in [4.78, 5) is 45.4.